The molecular weight excluding hydrogens is 471 g/mol. The molecule has 1 fully saturated rings. The quantitative estimate of drug-likeness (QED) is 0.329. The molecule has 8 heteroatoms. The Balaban J connectivity index is 0.00000280. The molecular formula is C20H31IN4O3. The summed E-state index contributed by atoms with van der Waals surface area (Å²) in [5.41, 5.74) is 0. The summed E-state index contributed by atoms with van der Waals surface area (Å²) >= 11 is 0. The molecule has 0 aliphatic carbocycles. The zero-order chi connectivity index (χ0) is 18.9. The second-order valence-corrected chi connectivity index (χ2v) is 6.59. The lowest BCUT2D eigenvalue weighted by molar-refractivity contribution is 0.0135. The molecule has 0 spiro atoms. The van der Waals surface area contributed by atoms with Crippen molar-refractivity contribution in [1.82, 2.24) is 15.5 Å². The molecule has 1 unspecified atom stereocenters. The minimum atomic E-state index is 0. The molecule has 2 aromatic heterocycles. The summed E-state index contributed by atoms with van der Waals surface area (Å²) in [6.07, 6.45) is 2.52. The third-order valence-corrected chi connectivity index (χ3v) is 4.59. The Labute approximate surface area is 183 Å². The summed E-state index contributed by atoms with van der Waals surface area (Å²) in [7, 11) is 0. The van der Waals surface area contributed by atoms with E-state index in [0.717, 1.165) is 69.1 Å². The zero-order valence-electron chi connectivity index (χ0n) is 16.6. The summed E-state index contributed by atoms with van der Waals surface area (Å²) in [4.78, 5) is 7.20. The topological polar surface area (TPSA) is 75.2 Å². The molecule has 28 heavy (non-hydrogen) atoms. The lowest BCUT2D eigenvalue weighted by Gasteiger charge is -2.32. The van der Waals surface area contributed by atoms with Gasteiger partial charge in [0.2, 0.25) is 0 Å². The van der Waals surface area contributed by atoms with Gasteiger partial charge in [-0.15, -0.1) is 24.0 Å². The Kier molecular flexibility index (Phi) is 9.86. The molecule has 0 bridgehead atoms. The first-order valence-electron chi connectivity index (χ1n) is 9.69. The van der Waals surface area contributed by atoms with Crippen LogP contribution in [0.3, 0.4) is 0 Å². The monoisotopic (exact) mass is 502 g/mol. The second-order valence-electron chi connectivity index (χ2n) is 6.59. The van der Waals surface area contributed by atoms with Gasteiger partial charge in [0, 0.05) is 32.6 Å². The van der Waals surface area contributed by atoms with Gasteiger partial charge in [-0.25, -0.2) is 0 Å². The summed E-state index contributed by atoms with van der Waals surface area (Å²) in [5.74, 6) is 3.67. The minimum absolute atomic E-state index is 0. The van der Waals surface area contributed by atoms with E-state index in [1.807, 2.05) is 25.1 Å². The predicted octanol–water partition coefficient (Wildman–Crippen LogP) is 2.97. The van der Waals surface area contributed by atoms with Crippen molar-refractivity contribution in [2.45, 2.75) is 26.3 Å². The summed E-state index contributed by atoms with van der Waals surface area (Å²) in [6.45, 7) is 9.54. The van der Waals surface area contributed by atoms with Crippen LogP contribution in [-0.2, 0) is 11.2 Å². The van der Waals surface area contributed by atoms with Gasteiger partial charge in [-0.2, -0.15) is 0 Å². The third-order valence-electron chi connectivity index (χ3n) is 4.59. The number of hydrogen-bond acceptors (Lipinski definition) is 5. The number of aryl methyl sites for hydroxylation is 1. The van der Waals surface area contributed by atoms with Gasteiger partial charge in [0.1, 0.15) is 17.3 Å². The Morgan fingerprint density at radius 3 is 2.68 bits per heavy atom. The highest BCUT2D eigenvalue weighted by Crippen LogP contribution is 2.24. The summed E-state index contributed by atoms with van der Waals surface area (Å²) in [5, 5.41) is 6.69. The molecule has 1 aliphatic heterocycles. The fourth-order valence-electron chi connectivity index (χ4n) is 3.19. The highest BCUT2D eigenvalue weighted by molar-refractivity contribution is 14.0. The van der Waals surface area contributed by atoms with E-state index in [4.69, 9.17) is 18.6 Å². The average molecular weight is 502 g/mol. The number of aliphatic imine (C=N–C) groups is 1. The predicted molar refractivity (Wildman–Crippen MR) is 120 cm³/mol. The van der Waals surface area contributed by atoms with E-state index in [0.29, 0.717) is 6.54 Å². The lowest BCUT2D eigenvalue weighted by atomic mass is 10.1. The van der Waals surface area contributed by atoms with E-state index >= 15 is 0 Å². The van der Waals surface area contributed by atoms with Crippen LogP contribution in [0.4, 0.5) is 0 Å². The van der Waals surface area contributed by atoms with Crippen LogP contribution in [0.15, 0.2) is 44.4 Å². The zero-order valence-corrected chi connectivity index (χ0v) is 19.0. The highest BCUT2D eigenvalue weighted by atomic mass is 127. The SMILES string of the molecule is CCNC(=NCC(c1ccc(C)o1)N1CCOCC1)NCCc1ccco1.I. The van der Waals surface area contributed by atoms with Crippen LogP contribution in [0.25, 0.3) is 0 Å². The molecule has 0 saturated carbocycles. The molecule has 1 saturated heterocycles. The van der Waals surface area contributed by atoms with E-state index in [1.165, 1.54) is 0 Å². The minimum Gasteiger partial charge on any atom is -0.469 e. The largest absolute Gasteiger partial charge is 0.469 e. The number of furan rings is 2. The molecule has 0 aromatic carbocycles. The molecule has 0 amide bonds. The van der Waals surface area contributed by atoms with Crippen molar-refractivity contribution in [3.63, 3.8) is 0 Å². The molecule has 1 atom stereocenters. The first kappa shape index (κ1) is 22.8. The van der Waals surface area contributed by atoms with Crippen LogP contribution in [-0.4, -0.2) is 56.8 Å². The number of ether oxygens (including phenoxy) is 1. The molecule has 3 rings (SSSR count). The van der Waals surface area contributed by atoms with E-state index in [2.05, 4.69) is 28.5 Å². The maximum atomic E-state index is 5.92. The number of nitrogens with one attached hydrogen (secondary N) is 2. The van der Waals surface area contributed by atoms with Crippen molar-refractivity contribution in [3.05, 3.63) is 47.8 Å². The number of rotatable bonds is 8. The van der Waals surface area contributed by atoms with Gasteiger partial charge < -0.3 is 24.2 Å². The van der Waals surface area contributed by atoms with Crippen LogP contribution >= 0.6 is 24.0 Å². The smallest absolute Gasteiger partial charge is 0.191 e. The molecule has 0 radical (unpaired) electrons. The normalized spacial score (nSPS) is 16.4. The van der Waals surface area contributed by atoms with Crippen molar-refractivity contribution in [2.24, 2.45) is 4.99 Å². The molecule has 2 aromatic rings. The molecule has 3 heterocycles. The summed E-state index contributed by atoms with van der Waals surface area (Å²) < 4.78 is 16.8. The Hall–Kier alpha value is -1.52. The summed E-state index contributed by atoms with van der Waals surface area (Å²) in [6, 6.07) is 8.08. The second kappa shape index (κ2) is 12.1. The van der Waals surface area contributed by atoms with Crippen molar-refractivity contribution in [2.75, 3.05) is 45.9 Å². The van der Waals surface area contributed by atoms with E-state index in [1.54, 1.807) is 6.26 Å². The lowest BCUT2D eigenvalue weighted by Crippen LogP contribution is -2.42. The van der Waals surface area contributed by atoms with E-state index < -0.39 is 0 Å². The fraction of sp³-hybridized carbons (Fsp3) is 0.550. The fourth-order valence-corrected chi connectivity index (χ4v) is 3.19. The molecule has 7 nitrogen and oxygen atoms in total. The van der Waals surface area contributed by atoms with Crippen LogP contribution < -0.4 is 10.6 Å². The highest BCUT2D eigenvalue weighted by Gasteiger charge is 2.25. The maximum Gasteiger partial charge on any atom is 0.191 e. The number of guanidine groups is 1. The van der Waals surface area contributed by atoms with Gasteiger partial charge in [0.25, 0.3) is 0 Å². The molecule has 156 valence electrons. The number of morpholine rings is 1. The van der Waals surface area contributed by atoms with Gasteiger partial charge in [0.05, 0.1) is 32.1 Å². The Morgan fingerprint density at radius 2 is 2.04 bits per heavy atom. The van der Waals surface area contributed by atoms with Gasteiger partial charge in [-0.3, -0.25) is 9.89 Å². The van der Waals surface area contributed by atoms with E-state index in [-0.39, 0.29) is 30.0 Å². The standard InChI is InChI=1S/C20H30N4O3.HI/c1-3-21-20(22-9-8-17-5-4-12-26-17)23-15-18(19-7-6-16(2)27-19)24-10-13-25-14-11-24;/h4-7,12,18H,3,8-11,13-15H2,1-2H3,(H2,21,22,23);1H. The Morgan fingerprint density at radius 1 is 1.21 bits per heavy atom. The Bertz CT molecular complexity index is 696. The molecule has 2 N–H and O–H groups in total. The van der Waals surface area contributed by atoms with Gasteiger partial charge in [-0.05, 0) is 38.1 Å². The van der Waals surface area contributed by atoms with Gasteiger partial charge in [-0.1, -0.05) is 0 Å². The maximum absolute atomic E-state index is 5.92. The van der Waals surface area contributed by atoms with Crippen molar-refractivity contribution < 1.29 is 13.6 Å². The van der Waals surface area contributed by atoms with Crippen LogP contribution in [0.2, 0.25) is 0 Å². The van der Waals surface area contributed by atoms with Gasteiger partial charge >= 0.3 is 0 Å². The van der Waals surface area contributed by atoms with Crippen molar-refractivity contribution >= 4 is 29.9 Å². The van der Waals surface area contributed by atoms with Crippen LogP contribution in [0.1, 0.15) is 30.2 Å². The van der Waals surface area contributed by atoms with Crippen molar-refractivity contribution in [1.29, 1.82) is 0 Å². The van der Waals surface area contributed by atoms with Crippen LogP contribution in [0.5, 0.6) is 0 Å². The first-order valence-corrected chi connectivity index (χ1v) is 9.69. The number of halogens is 1. The average Bonchev–Trinajstić information content (AvgIpc) is 3.35. The molecule has 1 aliphatic rings. The van der Waals surface area contributed by atoms with Crippen molar-refractivity contribution in [3.8, 4) is 0 Å². The number of hydrogen-bond donors (Lipinski definition) is 2. The van der Waals surface area contributed by atoms with E-state index in [9.17, 15) is 0 Å². The number of nitrogens with zero attached hydrogens (tertiary/aromatic N) is 2. The first-order chi connectivity index (χ1) is 13.3. The third kappa shape index (κ3) is 6.82. The van der Waals surface area contributed by atoms with Gasteiger partial charge in [0.15, 0.2) is 5.96 Å². The van der Waals surface area contributed by atoms with Crippen LogP contribution in [0, 0.1) is 6.92 Å².